The standard InChI is InChI=1S/C28H19Cl2F2N3O4/c1-28(31,32)13-35-24(14-5-7-15(8-6-14)38-16-9-10-19(29)20(30)11-16)22-18(26(35)36)12-33-23(22)17-3-2-4-21-25(17)39-27(37)34-21/h2-11,24H,12-13H2,1H3,(H,34,37). The number of hydrogen-bond donors (Lipinski definition) is 1. The summed E-state index contributed by atoms with van der Waals surface area (Å²) in [5.41, 5.74) is 3.12. The number of H-pyrrole nitrogens is 1. The van der Waals surface area contributed by atoms with Crippen molar-refractivity contribution in [3.8, 4) is 11.5 Å². The smallest absolute Gasteiger partial charge is 0.417 e. The molecule has 0 bridgehead atoms. The Morgan fingerprint density at radius 2 is 1.82 bits per heavy atom. The number of oxazole rings is 1. The molecule has 6 rings (SSSR count). The van der Waals surface area contributed by atoms with E-state index in [9.17, 15) is 18.4 Å². The number of nitrogens with zero attached hydrogens (tertiary/aromatic N) is 2. The predicted octanol–water partition coefficient (Wildman–Crippen LogP) is 6.56. The fourth-order valence-corrected chi connectivity index (χ4v) is 5.28. The van der Waals surface area contributed by atoms with Gasteiger partial charge >= 0.3 is 5.76 Å². The molecule has 1 atom stereocenters. The molecule has 3 aromatic carbocycles. The molecule has 2 aliphatic heterocycles. The summed E-state index contributed by atoms with van der Waals surface area (Å²) < 4.78 is 39.8. The largest absolute Gasteiger partial charge is 0.457 e. The van der Waals surface area contributed by atoms with Crippen LogP contribution in [0.5, 0.6) is 11.5 Å². The van der Waals surface area contributed by atoms with Crippen molar-refractivity contribution < 1.29 is 22.7 Å². The number of aliphatic imine (C=N–C) groups is 1. The van der Waals surface area contributed by atoms with E-state index in [4.69, 9.17) is 32.4 Å². The second-order valence-corrected chi connectivity index (χ2v) is 10.2. The first-order valence-electron chi connectivity index (χ1n) is 11.9. The second-order valence-electron chi connectivity index (χ2n) is 9.41. The van der Waals surface area contributed by atoms with Gasteiger partial charge in [-0.3, -0.25) is 14.8 Å². The third-order valence-corrected chi connectivity index (χ3v) is 7.29. The van der Waals surface area contributed by atoms with Crippen molar-refractivity contribution in [3.63, 3.8) is 0 Å². The van der Waals surface area contributed by atoms with Gasteiger partial charge in [0.05, 0.1) is 40.4 Å². The highest BCUT2D eigenvalue weighted by Gasteiger charge is 2.47. The van der Waals surface area contributed by atoms with E-state index in [1.807, 2.05) is 0 Å². The molecule has 198 valence electrons. The normalized spacial score (nSPS) is 17.3. The van der Waals surface area contributed by atoms with Crippen molar-refractivity contribution in [1.82, 2.24) is 9.88 Å². The number of fused-ring (bicyclic) bond motifs is 1. The molecule has 3 heterocycles. The number of carbonyl (C=O) groups is 1. The molecule has 1 aromatic heterocycles. The van der Waals surface area contributed by atoms with Crippen LogP contribution in [-0.4, -0.2) is 40.5 Å². The molecule has 1 N–H and O–H groups in total. The van der Waals surface area contributed by atoms with Crippen LogP contribution in [0.1, 0.15) is 24.1 Å². The number of aromatic nitrogens is 1. The van der Waals surface area contributed by atoms with E-state index in [1.165, 1.54) is 4.90 Å². The Hall–Kier alpha value is -3.95. The van der Waals surface area contributed by atoms with Crippen molar-refractivity contribution in [2.45, 2.75) is 18.9 Å². The number of halogens is 4. The predicted molar refractivity (Wildman–Crippen MR) is 143 cm³/mol. The molecule has 1 amide bonds. The molecular weight excluding hydrogens is 551 g/mol. The van der Waals surface area contributed by atoms with Gasteiger partial charge in [0.2, 0.25) is 0 Å². The second kappa shape index (κ2) is 9.36. The zero-order valence-corrected chi connectivity index (χ0v) is 21.8. The lowest BCUT2D eigenvalue weighted by molar-refractivity contribution is -0.132. The Bertz CT molecular complexity index is 1750. The van der Waals surface area contributed by atoms with Crippen molar-refractivity contribution in [1.29, 1.82) is 0 Å². The van der Waals surface area contributed by atoms with Gasteiger partial charge in [0.15, 0.2) is 5.58 Å². The summed E-state index contributed by atoms with van der Waals surface area (Å²) in [7, 11) is 0. The Kier molecular flexibility index (Phi) is 6.08. The summed E-state index contributed by atoms with van der Waals surface area (Å²) in [4.78, 5) is 33.6. The number of carbonyl (C=O) groups excluding carboxylic acids is 1. The van der Waals surface area contributed by atoms with Crippen LogP contribution < -0.4 is 10.5 Å². The van der Waals surface area contributed by atoms with Crippen molar-refractivity contribution in [2.75, 3.05) is 13.1 Å². The fraction of sp³-hybridized carbons (Fsp3) is 0.179. The minimum atomic E-state index is -3.13. The van der Waals surface area contributed by atoms with Gasteiger partial charge in [0.1, 0.15) is 11.5 Å². The van der Waals surface area contributed by atoms with E-state index in [2.05, 4.69) is 9.98 Å². The van der Waals surface area contributed by atoms with Gasteiger partial charge in [-0.25, -0.2) is 13.6 Å². The first kappa shape index (κ1) is 25.3. The Morgan fingerprint density at radius 3 is 2.54 bits per heavy atom. The van der Waals surface area contributed by atoms with Crippen LogP contribution in [0, 0.1) is 0 Å². The molecular formula is C28H19Cl2F2N3O4. The molecule has 0 spiro atoms. The van der Waals surface area contributed by atoms with Crippen LogP contribution in [0.4, 0.5) is 8.78 Å². The average Bonchev–Trinajstić information content (AvgIpc) is 3.55. The van der Waals surface area contributed by atoms with Gasteiger partial charge in [0, 0.05) is 29.7 Å². The lowest BCUT2D eigenvalue weighted by atomic mass is 9.91. The molecule has 0 saturated heterocycles. The lowest BCUT2D eigenvalue weighted by Crippen LogP contribution is -2.40. The number of alkyl halides is 2. The van der Waals surface area contributed by atoms with Crippen LogP contribution in [0.25, 0.3) is 11.1 Å². The van der Waals surface area contributed by atoms with Gasteiger partial charge in [-0.05, 0) is 42.0 Å². The Labute approximate surface area is 230 Å². The van der Waals surface area contributed by atoms with Gasteiger partial charge in [-0.15, -0.1) is 0 Å². The van der Waals surface area contributed by atoms with Crippen LogP contribution in [-0.2, 0) is 4.79 Å². The minimum absolute atomic E-state index is 0.0371. The molecule has 2 aliphatic rings. The van der Waals surface area contributed by atoms with Crippen LogP contribution in [0.2, 0.25) is 10.0 Å². The van der Waals surface area contributed by atoms with E-state index in [1.54, 1.807) is 60.7 Å². The molecule has 0 aliphatic carbocycles. The zero-order valence-electron chi connectivity index (χ0n) is 20.3. The quantitative estimate of drug-likeness (QED) is 0.285. The van der Waals surface area contributed by atoms with E-state index in [0.717, 1.165) is 6.92 Å². The molecule has 7 nitrogen and oxygen atoms in total. The molecule has 0 saturated carbocycles. The highest BCUT2D eigenvalue weighted by Crippen LogP contribution is 2.45. The highest BCUT2D eigenvalue weighted by atomic mass is 35.5. The van der Waals surface area contributed by atoms with E-state index < -0.39 is 30.2 Å². The third kappa shape index (κ3) is 4.62. The van der Waals surface area contributed by atoms with Crippen LogP contribution >= 0.6 is 23.2 Å². The molecule has 11 heteroatoms. The van der Waals surface area contributed by atoms with Gasteiger partial charge in [-0.1, -0.05) is 41.4 Å². The summed E-state index contributed by atoms with van der Waals surface area (Å²) in [5.74, 6) is -3.32. The maximum Gasteiger partial charge on any atom is 0.417 e. The first-order chi connectivity index (χ1) is 18.6. The highest BCUT2D eigenvalue weighted by molar-refractivity contribution is 6.42. The van der Waals surface area contributed by atoms with Gasteiger partial charge in [-0.2, -0.15) is 0 Å². The Morgan fingerprint density at radius 1 is 1.08 bits per heavy atom. The zero-order chi connectivity index (χ0) is 27.5. The summed E-state index contributed by atoms with van der Waals surface area (Å²) in [6.07, 6.45) is 0. The molecule has 4 aromatic rings. The minimum Gasteiger partial charge on any atom is -0.457 e. The Balaban J connectivity index is 1.40. The third-order valence-electron chi connectivity index (χ3n) is 6.55. The number of benzene rings is 3. The van der Waals surface area contributed by atoms with E-state index in [-0.39, 0.29) is 12.1 Å². The average molecular weight is 570 g/mol. The number of ether oxygens (including phenoxy) is 1. The lowest BCUT2D eigenvalue weighted by Gasteiger charge is -2.30. The SMILES string of the molecule is CC(F)(F)CN1C(=O)C2=C(C(c3cccc4[nH]c(=O)oc34)=NC2)C1c1ccc(Oc2ccc(Cl)c(Cl)c2)cc1. The van der Waals surface area contributed by atoms with Gasteiger partial charge in [0.25, 0.3) is 11.8 Å². The summed E-state index contributed by atoms with van der Waals surface area (Å²) in [6.45, 7) is 0.0379. The molecule has 0 radical (unpaired) electrons. The number of amides is 1. The topological polar surface area (TPSA) is 87.9 Å². The summed E-state index contributed by atoms with van der Waals surface area (Å²) >= 11 is 12.0. The van der Waals surface area contributed by atoms with Crippen molar-refractivity contribution >= 4 is 45.9 Å². The fourth-order valence-electron chi connectivity index (χ4n) is 4.99. The number of hydrogen-bond acceptors (Lipinski definition) is 5. The summed E-state index contributed by atoms with van der Waals surface area (Å²) in [6, 6.07) is 16.0. The maximum absolute atomic E-state index is 14.3. The molecule has 39 heavy (non-hydrogen) atoms. The van der Waals surface area contributed by atoms with E-state index in [0.29, 0.717) is 55.0 Å². The van der Waals surface area contributed by atoms with Crippen LogP contribution in [0.3, 0.4) is 0 Å². The number of nitrogens with one attached hydrogen (secondary N) is 1. The number of rotatable bonds is 6. The van der Waals surface area contributed by atoms with Crippen LogP contribution in [0.15, 0.2) is 86.0 Å². The number of para-hydroxylation sites is 1. The monoisotopic (exact) mass is 569 g/mol. The molecule has 0 fully saturated rings. The van der Waals surface area contributed by atoms with Crippen molar-refractivity contribution in [3.05, 3.63) is 104 Å². The number of aromatic amines is 1. The van der Waals surface area contributed by atoms with E-state index >= 15 is 0 Å². The first-order valence-corrected chi connectivity index (χ1v) is 12.7. The maximum atomic E-state index is 14.3. The van der Waals surface area contributed by atoms with Gasteiger partial charge < -0.3 is 14.1 Å². The molecule has 1 unspecified atom stereocenters. The van der Waals surface area contributed by atoms with Crippen molar-refractivity contribution in [2.24, 2.45) is 4.99 Å². The summed E-state index contributed by atoms with van der Waals surface area (Å²) in [5, 5.41) is 0.734.